The number of hydrogen-bond acceptors (Lipinski definition) is 4. The largest absolute Gasteiger partial charge is 0.484 e. The molecule has 0 saturated carbocycles. The Morgan fingerprint density at radius 3 is 2.27 bits per heavy atom. The molecule has 26 heavy (non-hydrogen) atoms. The van der Waals surface area contributed by atoms with E-state index >= 15 is 0 Å². The number of ether oxygens (including phenoxy) is 1. The normalized spacial score (nSPS) is 11.0. The van der Waals surface area contributed by atoms with Crippen molar-refractivity contribution in [1.82, 2.24) is 5.32 Å². The van der Waals surface area contributed by atoms with Crippen LogP contribution in [0.4, 0.5) is 5.69 Å². The molecular formula is C19H24N2O4S. The van der Waals surface area contributed by atoms with Gasteiger partial charge >= 0.3 is 0 Å². The van der Waals surface area contributed by atoms with Gasteiger partial charge in [-0.1, -0.05) is 24.3 Å². The summed E-state index contributed by atoms with van der Waals surface area (Å²) in [4.78, 5) is 11.9. The maximum absolute atomic E-state index is 12.1. The van der Waals surface area contributed by atoms with E-state index in [2.05, 4.69) is 5.32 Å². The van der Waals surface area contributed by atoms with Gasteiger partial charge in [-0.15, -0.1) is 0 Å². The van der Waals surface area contributed by atoms with Crippen molar-refractivity contribution in [3.8, 4) is 5.75 Å². The molecule has 0 fully saturated rings. The fourth-order valence-corrected chi connectivity index (χ4v) is 3.51. The molecule has 0 bridgehead atoms. The molecule has 0 radical (unpaired) electrons. The van der Waals surface area contributed by atoms with Crippen LogP contribution in [0.5, 0.6) is 5.75 Å². The van der Waals surface area contributed by atoms with E-state index in [9.17, 15) is 13.2 Å². The molecule has 0 atom stereocenters. The molecular weight excluding hydrogens is 352 g/mol. The third kappa shape index (κ3) is 6.07. The SMILES string of the molecule is Cc1cc(C)cc(N(CCNC(=O)COc2ccccc2)S(C)(=O)=O)c1. The zero-order valence-electron chi connectivity index (χ0n) is 15.2. The number of nitrogens with zero attached hydrogens (tertiary/aromatic N) is 1. The Labute approximate surface area is 154 Å². The Hall–Kier alpha value is -2.54. The molecule has 7 heteroatoms. The van der Waals surface area contributed by atoms with Gasteiger partial charge in [0.1, 0.15) is 5.75 Å². The third-order valence-electron chi connectivity index (χ3n) is 3.64. The van der Waals surface area contributed by atoms with E-state index in [1.807, 2.05) is 50.2 Å². The number of nitrogens with one attached hydrogen (secondary N) is 1. The maximum atomic E-state index is 12.1. The van der Waals surface area contributed by atoms with Gasteiger partial charge in [-0.25, -0.2) is 8.42 Å². The Kier molecular flexibility index (Phi) is 6.63. The lowest BCUT2D eigenvalue weighted by atomic mass is 10.1. The third-order valence-corrected chi connectivity index (χ3v) is 4.84. The zero-order valence-corrected chi connectivity index (χ0v) is 16.0. The molecule has 0 spiro atoms. The zero-order chi connectivity index (χ0) is 19.2. The van der Waals surface area contributed by atoms with Crippen LogP contribution >= 0.6 is 0 Å². The van der Waals surface area contributed by atoms with E-state index < -0.39 is 10.0 Å². The number of hydrogen-bond donors (Lipinski definition) is 1. The van der Waals surface area contributed by atoms with E-state index in [0.29, 0.717) is 11.4 Å². The summed E-state index contributed by atoms with van der Waals surface area (Å²) >= 11 is 0. The molecule has 1 N–H and O–H groups in total. The van der Waals surface area contributed by atoms with Crippen LogP contribution in [0.25, 0.3) is 0 Å². The number of anilines is 1. The Morgan fingerprint density at radius 2 is 1.69 bits per heavy atom. The Bertz CT molecular complexity index is 831. The lowest BCUT2D eigenvalue weighted by molar-refractivity contribution is -0.123. The number of rotatable bonds is 8. The fourth-order valence-electron chi connectivity index (χ4n) is 2.59. The van der Waals surface area contributed by atoms with Crippen LogP contribution in [-0.2, 0) is 14.8 Å². The predicted molar refractivity (Wildman–Crippen MR) is 103 cm³/mol. The number of aryl methyl sites for hydroxylation is 2. The minimum absolute atomic E-state index is 0.119. The molecule has 0 unspecified atom stereocenters. The Morgan fingerprint density at radius 1 is 1.08 bits per heavy atom. The summed E-state index contributed by atoms with van der Waals surface area (Å²) in [5, 5.41) is 2.68. The van der Waals surface area contributed by atoms with Crippen molar-refractivity contribution in [2.75, 3.05) is 30.3 Å². The molecule has 0 heterocycles. The second kappa shape index (κ2) is 8.71. The number of carbonyl (C=O) groups is 1. The first kappa shape index (κ1) is 19.8. The van der Waals surface area contributed by atoms with Gasteiger partial charge in [-0.3, -0.25) is 9.10 Å². The highest BCUT2D eigenvalue weighted by molar-refractivity contribution is 7.92. The monoisotopic (exact) mass is 376 g/mol. The number of amides is 1. The first-order valence-corrected chi connectivity index (χ1v) is 10.1. The Balaban J connectivity index is 1.92. The van der Waals surface area contributed by atoms with E-state index in [1.54, 1.807) is 12.1 Å². The van der Waals surface area contributed by atoms with E-state index in [0.717, 1.165) is 17.4 Å². The average molecular weight is 376 g/mol. The van der Waals surface area contributed by atoms with E-state index in [1.165, 1.54) is 4.31 Å². The van der Waals surface area contributed by atoms with Gasteiger partial charge < -0.3 is 10.1 Å². The number of sulfonamides is 1. The van der Waals surface area contributed by atoms with Gasteiger partial charge in [0.15, 0.2) is 6.61 Å². The number of para-hydroxylation sites is 1. The molecule has 2 aromatic rings. The second-order valence-corrected chi connectivity index (χ2v) is 8.04. The molecule has 1 amide bonds. The van der Waals surface area contributed by atoms with E-state index in [-0.39, 0.29) is 25.6 Å². The van der Waals surface area contributed by atoms with Crippen LogP contribution in [-0.4, -0.2) is 40.3 Å². The highest BCUT2D eigenvalue weighted by Crippen LogP contribution is 2.20. The minimum Gasteiger partial charge on any atom is -0.484 e. The van der Waals surface area contributed by atoms with Crippen molar-refractivity contribution in [1.29, 1.82) is 0 Å². The predicted octanol–water partition coefficient (Wildman–Crippen LogP) is 2.26. The maximum Gasteiger partial charge on any atom is 0.258 e. The number of benzene rings is 2. The molecule has 0 aromatic heterocycles. The molecule has 0 aliphatic rings. The molecule has 2 aromatic carbocycles. The van der Waals surface area contributed by atoms with Gasteiger partial charge in [-0.05, 0) is 49.2 Å². The van der Waals surface area contributed by atoms with Gasteiger partial charge in [-0.2, -0.15) is 0 Å². The van der Waals surface area contributed by atoms with Gasteiger partial charge in [0.05, 0.1) is 18.5 Å². The van der Waals surface area contributed by atoms with Crippen molar-refractivity contribution >= 4 is 21.6 Å². The van der Waals surface area contributed by atoms with Crippen molar-refractivity contribution in [2.24, 2.45) is 0 Å². The fraction of sp³-hybridized carbons (Fsp3) is 0.316. The molecule has 6 nitrogen and oxygen atoms in total. The topological polar surface area (TPSA) is 75.7 Å². The summed E-state index contributed by atoms with van der Waals surface area (Å²) in [7, 11) is -3.45. The van der Waals surface area contributed by atoms with Gasteiger partial charge in [0.25, 0.3) is 5.91 Å². The van der Waals surface area contributed by atoms with Crippen LogP contribution in [0.2, 0.25) is 0 Å². The van der Waals surface area contributed by atoms with Crippen molar-refractivity contribution in [3.05, 3.63) is 59.7 Å². The molecule has 2 rings (SSSR count). The van der Waals surface area contributed by atoms with E-state index in [4.69, 9.17) is 4.74 Å². The summed E-state index contributed by atoms with van der Waals surface area (Å²) in [6, 6.07) is 14.6. The smallest absolute Gasteiger partial charge is 0.258 e. The van der Waals surface area contributed by atoms with Crippen LogP contribution in [0.15, 0.2) is 48.5 Å². The van der Waals surface area contributed by atoms with Crippen molar-refractivity contribution in [2.45, 2.75) is 13.8 Å². The summed E-state index contributed by atoms with van der Waals surface area (Å²) in [5.41, 5.74) is 2.56. The standard InChI is InChI=1S/C19H24N2O4S/c1-15-11-16(2)13-17(12-15)21(26(3,23)24)10-9-20-19(22)14-25-18-7-5-4-6-8-18/h4-8,11-13H,9-10,14H2,1-3H3,(H,20,22). The lowest BCUT2D eigenvalue weighted by Gasteiger charge is -2.23. The summed E-state index contributed by atoms with van der Waals surface area (Å²) in [6.45, 7) is 4.06. The van der Waals surface area contributed by atoms with Crippen LogP contribution < -0.4 is 14.4 Å². The van der Waals surface area contributed by atoms with Crippen LogP contribution in [0.1, 0.15) is 11.1 Å². The first-order valence-electron chi connectivity index (χ1n) is 8.26. The van der Waals surface area contributed by atoms with Crippen LogP contribution in [0.3, 0.4) is 0 Å². The molecule has 0 saturated heterocycles. The minimum atomic E-state index is -3.45. The first-order chi connectivity index (χ1) is 12.3. The van der Waals surface area contributed by atoms with Crippen molar-refractivity contribution in [3.63, 3.8) is 0 Å². The summed E-state index contributed by atoms with van der Waals surface area (Å²) < 4.78 is 30.9. The summed E-state index contributed by atoms with van der Waals surface area (Å²) in [5.74, 6) is 0.304. The highest BCUT2D eigenvalue weighted by Gasteiger charge is 2.18. The lowest BCUT2D eigenvalue weighted by Crippen LogP contribution is -2.39. The van der Waals surface area contributed by atoms with Crippen molar-refractivity contribution < 1.29 is 17.9 Å². The average Bonchev–Trinajstić information content (AvgIpc) is 2.55. The molecule has 0 aliphatic carbocycles. The number of carbonyl (C=O) groups excluding carboxylic acids is 1. The summed E-state index contributed by atoms with van der Waals surface area (Å²) in [6.07, 6.45) is 1.16. The molecule has 0 aliphatic heterocycles. The van der Waals surface area contributed by atoms with Gasteiger partial charge in [0, 0.05) is 6.54 Å². The van der Waals surface area contributed by atoms with Gasteiger partial charge in [0.2, 0.25) is 10.0 Å². The van der Waals surface area contributed by atoms with Crippen LogP contribution in [0, 0.1) is 13.8 Å². The highest BCUT2D eigenvalue weighted by atomic mass is 32.2. The second-order valence-electron chi connectivity index (χ2n) is 6.13. The molecule has 140 valence electrons. The quantitative estimate of drug-likeness (QED) is 0.767.